The van der Waals surface area contributed by atoms with E-state index in [-0.39, 0.29) is 0 Å². The highest BCUT2D eigenvalue weighted by molar-refractivity contribution is 5.88. The minimum absolute atomic E-state index is 0.472. The molecule has 1 aliphatic heterocycles. The van der Waals surface area contributed by atoms with Gasteiger partial charge < -0.3 is 9.72 Å². The lowest BCUT2D eigenvalue weighted by Gasteiger charge is -2.39. The van der Waals surface area contributed by atoms with E-state index in [1.165, 1.54) is 40.4 Å². The van der Waals surface area contributed by atoms with Crippen molar-refractivity contribution in [2.24, 2.45) is 5.92 Å². The van der Waals surface area contributed by atoms with Crippen LogP contribution in [0.2, 0.25) is 0 Å². The van der Waals surface area contributed by atoms with Crippen molar-refractivity contribution in [2.45, 2.75) is 39.3 Å². The molecule has 0 aliphatic carbocycles. The van der Waals surface area contributed by atoms with E-state index in [1.807, 2.05) is 6.20 Å². The van der Waals surface area contributed by atoms with E-state index in [4.69, 9.17) is 4.74 Å². The molecule has 0 radical (unpaired) electrons. The smallest absolute Gasteiger partial charge is 0.124 e. The maximum absolute atomic E-state index is 5.77. The van der Waals surface area contributed by atoms with Gasteiger partial charge in [0, 0.05) is 35.2 Å². The van der Waals surface area contributed by atoms with Crippen LogP contribution in [0, 0.1) is 12.8 Å². The Labute approximate surface area is 156 Å². The van der Waals surface area contributed by atoms with E-state index in [2.05, 4.69) is 66.2 Å². The second-order valence-electron chi connectivity index (χ2n) is 7.67. The van der Waals surface area contributed by atoms with Crippen LogP contribution in [0.3, 0.4) is 0 Å². The predicted octanol–water partition coefficient (Wildman–Crippen LogP) is 5.46. The van der Waals surface area contributed by atoms with Crippen molar-refractivity contribution in [3.8, 4) is 5.75 Å². The Hall–Kier alpha value is -2.26. The molecule has 1 aromatic heterocycles. The first kappa shape index (κ1) is 17.2. The summed E-state index contributed by atoms with van der Waals surface area (Å²) in [5.41, 5.74) is 5.18. The molecule has 1 fully saturated rings. The van der Waals surface area contributed by atoms with Gasteiger partial charge in [-0.25, -0.2) is 0 Å². The third-order valence-corrected chi connectivity index (χ3v) is 5.85. The lowest BCUT2D eigenvalue weighted by molar-refractivity contribution is 0.110. The van der Waals surface area contributed by atoms with Crippen LogP contribution in [0.4, 0.5) is 0 Å². The van der Waals surface area contributed by atoms with E-state index in [0.29, 0.717) is 6.04 Å². The van der Waals surface area contributed by atoms with Gasteiger partial charge in [-0.15, -0.1) is 0 Å². The van der Waals surface area contributed by atoms with Gasteiger partial charge >= 0.3 is 0 Å². The van der Waals surface area contributed by atoms with Gasteiger partial charge in [0.05, 0.1) is 7.11 Å². The Bertz CT molecular complexity index is 884. The first-order valence-electron chi connectivity index (χ1n) is 9.60. The van der Waals surface area contributed by atoms with E-state index in [9.17, 15) is 0 Å². The number of nitrogens with one attached hydrogen (secondary N) is 1. The van der Waals surface area contributed by atoms with E-state index in [1.54, 1.807) is 7.11 Å². The summed E-state index contributed by atoms with van der Waals surface area (Å²) in [4.78, 5) is 6.03. The van der Waals surface area contributed by atoms with Gasteiger partial charge in [0.1, 0.15) is 5.75 Å². The quantitative estimate of drug-likeness (QED) is 0.678. The topological polar surface area (TPSA) is 28.3 Å². The molecule has 0 amide bonds. The average Bonchev–Trinajstić information content (AvgIpc) is 3.16. The van der Waals surface area contributed by atoms with E-state index in [0.717, 1.165) is 24.8 Å². The van der Waals surface area contributed by atoms with Crippen molar-refractivity contribution < 1.29 is 4.74 Å². The van der Waals surface area contributed by atoms with Crippen LogP contribution >= 0.6 is 0 Å². The average molecular weight is 348 g/mol. The number of H-pyrrole nitrogens is 1. The molecule has 2 heterocycles. The molecule has 1 aliphatic rings. The van der Waals surface area contributed by atoms with Gasteiger partial charge in [-0.1, -0.05) is 37.3 Å². The maximum atomic E-state index is 5.77. The minimum atomic E-state index is 0.472. The number of fused-ring (bicyclic) bond motifs is 1. The molecule has 1 saturated heterocycles. The van der Waals surface area contributed by atoms with Crippen LogP contribution in [0.5, 0.6) is 5.75 Å². The summed E-state index contributed by atoms with van der Waals surface area (Å²) in [6.07, 6.45) is 4.51. The van der Waals surface area contributed by atoms with Crippen molar-refractivity contribution in [2.75, 3.05) is 13.7 Å². The number of rotatable bonds is 4. The predicted molar refractivity (Wildman–Crippen MR) is 108 cm³/mol. The second kappa shape index (κ2) is 7.16. The number of hydrogen-bond donors (Lipinski definition) is 1. The first-order valence-corrected chi connectivity index (χ1v) is 9.60. The maximum Gasteiger partial charge on any atom is 0.124 e. The van der Waals surface area contributed by atoms with Crippen molar-refractivity contribution >= 4 is 10.9 Å². The van der Waals surface area contributed by atoms with Gasteiger partial charge in [0.15, 0.2) is 0 Å². The molecule has 4 rings (SSSR count). The molecular weight excluding hydrogens is 320 g/mol. The van der Waals surface area contributed by atoms with Crippen molar-refractivity contribution in [1.82, 2.24) is 9.88 Å². The molecule has 0 bridgehead atoms. The number of likely N-dealkylation sites (tertiary alicyclic amines) is 1. The van der Waals surface area contributed by atoms with Crippen molar-refractivity contribution in [3.63, 3.8) is 0 Å². The second-order valence-corrected chi connectivity index (χ2v) is 7.67. The lowest BCUT2D eigenvalue weighted by atomic mass is 9.87. The molecule has 26 heavy (non-hydrogen) atoms. The number of ether oxygens (including phenoxy) is 1. The molecule has 0 spiro atoms. The first-order chi connectivity index (χ1) is 12.7. The molecule has 3 nitrogen and oxygen atoms in total. The Kier molecular flexibility index (Phi) is 4.73. The number of methoxy groups -OCH3 is 1. The van der Waals surface area contributed by atoms with Gasteiger partial charge in [-0.3, -0.25) is 4.90 Å². The Morgan fingerprint density at radius 1 is 1.19 bits per heavy atom. The van der Waals surface area contributed by atoms with Gasteiger partial charge in [-0.05, 0) is 55.5 Å². The monoisotopic (exact) mass is 348 g/mol. The van der Waals surface area contributed by atoms with Crippen molar-refractivity contribution in [3.05, 3.63) is 65.4 Å². The van der Waals surface area contributed by atoms with Gasteiger partial charge in [0.25, 0.3) is 0 Å². The zero-order valence-electron chi connectivity index (χ0n) is 16.0. The van der Waals surface area contributed by atoms with Crippen LogP contribution in [-0.2, 0) is 6.54 Å². The number of aromatic nitrogens is 1. The zero-order chi connectivity index (χ0) is 18.1. The highest BCUT2D eigenvalue weighted by Crippen LogP contribution is 2.38. The standard InChI is InChI=1S/C23H28N2O/c1-16-10-12-25(21(13-16)18-7-5-4-6-8-18)15-20-19-9-11-24-23(19)17(2)14-22(20)26-3/h4-9,11,14,16,21,24H,10,12-13,15H2,1-3H3/t16-,21+/m0/s1. The van der Waals surface area contributed by atoms with E-state index >= 15 is 0 Å². The molecule has 3 aromatic rings. The number of aryl methyl sites for hydroxylation is 1. The Morgan fingerprint density at radius 2 is 2.00 bits per heavy atom. The lowest BCUT2D eigenvalue weighted by Crippen LogP contribution is -2.35. The van der Waals surface area contributed by atoms with Gasteiger partial charge in [0.2, 0.25) is 0 Å². The number of benzene rings is 2. The number of hydrogen-bond acceptors (Lipinski definition) is 2. The largest absolute Gasteiger partial charge is 0.496 e. The van der Waals surface area contributed by atoms with Gasteiger partial charge in [-0.2, -0.15) is 0 Å². The molecule has 2 aromatic carbocycles. The fourth-order valence-corrected chi connectivity index (χ4v) is 4.39. The van der Waals surface area contributed by atoms with Crippen molar-refractivity contribution in [1.29, 1.82) is 0 Å². The number of aromatic amines is 1. The highest BCUT2D eigenvalue weighted by Gasteiger charge is 2.29. The van der Waals surface area contributed by atoms with Crippen LogP contribution in [-0.4, -0.2) is 23.5 Å². The zero-order valence-corrected chi connectivity index (χ0v) is 16.0. The number of piperidine rings is 1. The summed E-state index contributed by atoms with van der Waals surface area (Å²) < 4.78 is 5.77. The molecule has 3 heteroatoms. The van der Waals surface area contributed by atoms with Crippen LogP contribution in [0.15, 0.2) is 48.7 Å². The third kappa shape index (κ3) is 3.12. The SMILES string of the molecule is COc1cc(C)c2[nH]ccc2c1CN1CC[C@H](C)C[C@@H]1c1ccccc1. The summed E-state index contributed by atoms with van der Waals surface area (Å²) in [7, 11) is 1.78. The fraction of sp³-hybridized carbons (Fsp3) is 0.391. The fourth-order valence-electron chi connectivity index (χ4n) is 4.39. The number of nitrogens with zero attached hydrogens (tertiary/aromatic N) is 1. The summed E-state index contributed by atoms with van der Waals surface area (Å²) in [5.74, 6) is 1.77. The highest BCUT2D eigenvalue weighted by atomic mass is 16.5. The van der Waals surface area contributed by atoms with Crippen LogP contribution in [0.25, 0.3) is 10.9 Å². The van der Waals surface area contributed by atoms with Crippen LogP contribution < -0.4 is 4.74 Å². The molecule has 2 atom stereocenters. The van der Waals surface area contributed by atoms with Crippen LogP contribution in [0.1, 0.15) is 42.5 Å². The summed E-state index contributed by atoms with van der Waals surface area (Å²) in [6, 6.07) is 15.8. The molecule has 136 valence electrons. The summed E-state index contributed by atoms with van der Waals surface area (Å²) >= 11 is 0. The Balaban J connectivity index is 1.72. The molecule has 1 N–H and O–H groups in total. The summed E-state index contributed by atoms with van der Waals surface area (Å²) in [5, 5.41) is 1.28. The Morgan fingerprint density at radius 3 is 2.77 bits per heavy atom. The molecule has 0 saturated carbocycles. The molecule has 0 unspecified atom stereocenters. The minimum Gasteiger partial charge on any atom is -0.496 e. The summed E-state index contributed by atoms with van der Waals surface area (Å²) in [6.45, 7) is 6.57. The molecular formula is C23H28N2O. The van der Waals surface area contributed by atoms with E-state index < -0.39 is 0 Å². The third-order valence-electron chi connectivity index (χ3n) is 5.85. The normalized spacial score (nSPS) is 21.2.